The average molecular weight is 233 g/mol. The van der Waals surface area contributed by atoms with E-state index in [1.54, 1.807) is 0 Å². The Morgan fingerprint density at radius 1 is 1.29 bits per heavy atom. The Labute approximate surface area is 105 Å². The van der Waals surface area contributed by atoms with Gasteiger partial charge < -0.3 is 10.1 Å². The van der Waals surface area contributed by atoms with Crippen molar-refractivity contribution in [3.8, 4) is 5.75 Å². The van der Waals surface area contributed by atoms with Crippen molar-refractivity contribution in [2.75, 3.05) is 6.61 Å². The second-order valence-corrected chi connectivity index (χ2v) is 4.32. The van der Waals surface area contributed by atoms with E-state index < -0.39 is 0 Å². The Hall–Kier alpha value is -1.28. The van der Waals surface area contributed by atoms with Crippen LogP contribution in [0.15, 0.2) is 36.9 Å². The highest BCUT2D eigenvalue weighted by atomic mass is 16.5. The highest BCUT2D eigenvalue weighted by molar-refractivity contribution is 5.28. The average Bonchev–Trinajstić information content (AvgIpc) is 2.30. The van der Waals surface area contributed by atoms with Crippen LogP contribution in [0.3, 0.4) is 0 Å². The first kappa shape index (κ1) is 13.8. The summed E-state index contributed by atoms with van der Waals surface area (Å²) in [6.07, 6.45) is 2.93. The molecule has 94 valence electrons. The molecule has 1 N–H and O–H groups in total. The van der Waals surface area contributed by atoms with Crippen molar-refractivity contribution < 1.29 is 4.74 Å². The van der Waals surface area contributed by atoms with Gasteiger partial charge in [0.05, 0.1) is 6.61 Å². The van der Waals surface area contributed by atoms with Crippen molar-refractivity contribution in [1.29, 1.82) is 0 Å². The van der Waals surface area contributed by atoms with Crippen LogP contribution in [0.25, 0.3) is 0 Å². The van der Waals surface area contributed by atoms with E-state index in [0.717, 1.165) is 12.2 Å². The van der Waals surface area contributed by atoms with E-state index >= 15 is 0 Å². The first-order valence-electron chi connectivity index (χ1n) is 6.27. The summed E-state index contributed by atoms with van der Waals surface area (Å²) in [6, 6.07) is 9.08. The fourth-order valence-corrected chi connectivity index (χ4v) is 1.86. The maximum Gasteiger partial charge on any atom is 0.119 e. The molecule has 0 amide bonds. The Kier molecular flexibility index (Phi) is 5.78. The molecule has 0 aromatic heterocycles. The monoisotopic (exact) mass is 233 g/mol. The Morgan fingerprint density at radius 2 is 1.94 bits per heavy atom. The molecule has 2 heteroatoms. The lowest BCUT2D eigenvalue weighted by molar-refractivity contribution is 0.340. The maximum atomic E-state index is 5.43. The Balaban J connectivity index is 2.56. The summed E-state index contributed by atoms with van der Waals surface area (Å²) in [5, 5.41) is 3.54. The molecule has 0 aliphatic rings. The quantitative estimate of drug-likeness (QED) is 0.725. The molecule has 0 aliphatic heterocycles. The summed E-state index contributed by atoms with van der Waals surface area (Å²) >= 11 is 0. The van der Waals surface area contributed by atoms with Gasteiger partial charge in [0.25, 0.3) is 0 Å². The van der Waals surface area contributed by atoms with Crippen molar-refractivity contribution in [2.24, 2.45) is 0 Å². The van der Waals surface area contributed by atoms with Gasteiger partial charge in [-0.1, -0.05) is 18.2 Å². The summed E-state index contributed by atoms with van der Waals surface area (Å²) in [4.78, 5) is 0. The molecule has 2 nitrogen and oxygen atoms in total. The van der Waals surface area contributed by atoms with Crippen molar-refractivity contribution >= 4 is 0 Å². The number of benzene rings is 1. The van der Waals surface area contributed by atoms with Gasteiger partial charge in [-0.3, -0.25) is 0 Å². The highest BCUT2D eigenvalue weighted by Gasteiger charge is 2.08. The van der Waals surface area contributed by atoms with Crippen LogP contribution < -0.4 is 10.1 Å². The molecule has 17 heavy (non-hydrogen) atoms. The number of ether oxygens (including phenoxy) is 1. The van der Waals surface area contributed by atoms with Gasteiger partial charge >= 0.3 is 0 Å². The largest absolute Gasteiger partial charge is 0.494 e. The van der Waals surface area contributed by atoms with Crippen molar-refractivity contribution in [2.45, 2.75) is 39.3 Å². The van der Waals surface area contributed by atoms with Gasteiger partial charge in [0.1, 0.15) is 5.75 Å². The molecule has 0 heterocycles. The molecule has 1 aromatic carbocycles. The van der Waals surface area contributed by atoms with Crippen LogP contribution in [-0.2, 0) is 0 Å². The van der Waals surface area contributed by atoms with Gasteiger partial charge in [-0.25, -0.2) is 0 Å². The number of rotatable bonds is 7. The molecule has 0 fully saturated rings. The van der Waals surface area contributed by atoms with Crippen LogP contribution in [0.5, 0.6) is 5.75 Å². The third-order valence-electron chi connectivity index (χ3n) is 2.75. The normalized spacial score (nSPS) is 14.1. The fourth-order valence-electron chi connectivity index (χ4n) is 1.86. The van der Waals surface area contributed by atoms with Crippen LogP contribution in [-0.4, -0.2) is 12.6 Å². The van der Waals surface area contributed by atoms with Crippen molar-refractivity contribution in [3.05, 3.63) is 42.5 Å². The zero-order valence-electron chi connectivity index (χ0n) is 11.1. The van der Waals surface area contributed by atoms with Gasteiger partial charge in [0.15, 0.2) is 0 Å². The van der Waals surface area contributed by atoms with E-state index in [-0.39, 0.29) is 0 Å². The molecule has 0 aliphatic carbocycles. The molecule has 1 rings (SSSR count). The first-order chi connectivity index (χ1) is 8.17. The first-order valence-corrected chi connectivity index (χ1v) is 6.27. The van der Waals surface area contributed by atoms with Gasteiger partial charge in [0, 0.05) is 12.1 Å². The SMILES string of the molecule is C=CCC(C)NC(C)c1ccc(OCC)cc1. The van der Waals surface area contributed by atoms with Crippen molar-refractivity contribution in [1.82, 2.24) is 5.32 Å². The summed E-state index contributed by atoms with van der Waals surface area (Å²) in [5.74, 6) is 0.933. The van der Waals surface area contributed by atoms with E-state index in [4.69, 9.17) is 4.74 Å². The fraction of sp³-hybridized carbons (Fsp3) is 0.467. The number of nitrogens with one attached hydrogen (secondary N) is 1. The van der Waals surface area contributed by atoms with E-state index in [2.05, 4.69) is 37.9 Å². The number of hydrogen-bond acceptors (Lipinski definition) is 2. The number of hydrogen-bond donors (Lipinski definition) is 1. The maximum absolute atomic E-state index is 5.43. The molecule has 0 radical (unpaired) electrons. The van der Waals surface area contributed by atoms with E-state index in [1.165, 1.54) is 5.56 Å². The summed E-state index contributed by atoms with van der Waals surface area (Å²) in [6.45, 7) is 10.8. The molecular weight excluding hydrogens is 210 g/mol. The Morgan fingerprint density at radius 3 is 2.47 bits per heavy atom. The standard InChI is InChI=1S/C15H23NO/c1-5-7-12(3)16-13(4)14-8-10-15(11-9-14)17-6-2/h5,8-13,16H,1,6-7H2,2-4H3. The minimum Gasteiger partial charge on any atom is -0.494 e. The molecule has 0 bridgehead atoms. The van der Waals surface area contributed by atoms with E-state index in [0.29, 0.717) is 18.7 Å². The van der Waals surface area contributed by atoms with E-state index in [1.807, 2.05) is 25.1 Å². The van der Waals surface area contributed by atoms with E-state index in [9.17, 15) is 0 Å². The zero-order chi connectivity index (χ0) is 12.7. The van der Waals surface area contributed by atoms with Crippen LogP contribution in [0.2, 0.25) is 0 Å². The summed E-state index contributed by atoms with van der Waals surface area (Å²) in [7, 11) is 0. The predicted octanol–water partition coefficient (Wildman–Crippen LogP) is 3.70. The van der Waals surface area contributed by atoms with Gasteiger partial charge in [-0.05, 0) is 44.9 Å². The minimum absolute atomic E-state index is 0.348. The van der Waals surface area contributed by atoms with Gasteiger partial charge in [-0.15, -0.1) is 6.58 Å². The van der Waals surface area contributed by atoms with Crippen LogP contribution in [0.4, 0.5) is 0 Å². The second kappa shape index (κ2) is 7.13. The predicted molar refractivity (Wildman–Crippen MR) is 73.4 cm³/mol. The van der Waals surface area contributed by atoms with Crippen LogP contribution in [0, 0.1) is 0 Å². The molecule has 0 saturated carbocycles. The van der Waals surface area contributed by atoms with Crippen LogP contribution >= 0.6 is 0 Å². The zero-order valence-corrected chi connectivity index (χ0v) is 11.1. The smallest absolute Gasteiger partial charge is 0.119 e. The third kappa shape index (κ3) is 4.61. The lowest BCUT2D eigenvalue weighted by Crippen LogP contribution is -2.28. The third-order valence-corrected chi connectivity index (χ3v) is 2.75. The topological polar surface area (TPSA) is 21.3 Å². The summed E-state index contributed by atoms with van der Waals surface area (Å²) in [5.41, 5.74) is 1.28. The Bertz CT molecular complexity index is 331. The summed E-state index contributed by atoms with van der Waals surface area (Å²) < 4.78 is 5.43. The molecule has 2 unspecified atom stereocenters. The molecule has 0 saturated heterocycles. The molecule has 1 aromatic rings. The molecular formula is C15H23NO. The highest BCUT2D eigenvalue weighted by Crippen LogP contribution is 2.18. The van der Waals surface area contributed by atoms with Crippen molar-refractivity contribution in [3.63, 3.8) is 0 Å². The second-order valence-electron chi connectivity index (χ2n) is 4.32. The van der Waals surface area contributed by atoms with Gasteiger partial charge in [-0.2, -0.15) is 0 Å². The van der Waals surface area contributed by atoms with Gasteiger partial charge in [0.2, 0.25) is 0 Å². The minimum atomic E-state index is 0.348. The lowest BCUT2D eigenvalue weighted by atomic mass is 10.1. The molecule has 2 atom stereocenters. The molecule has 0 spiro atoms. The lowest BCUT2D eigenvalue weighted by Gasteiger charge is -2.19. The van der Waals surface area contributed by atoms with Crippen LogP contribution in [0.1, 0.15) is 38.8 Å².